The van der Waals surface area contributed by atoms with Gasteiger partial charge in [0.2, 0.25) is 0 Å². The van der Waals surface area contributed by atoms with Crippen molar-refractivity contribution in [1.29, 1.82) is 0 Å². The molecule has 0 aromatic heterocycles. The summed E-state index contributed by atoms with van der Waals surface area (Å²) in [5, 5.41) is 3.62. The van der Waals surface area contributed by atoms with Crippen molar-refractivity contribution < 1.29 is 0 Å². The van der Waals surface area contributed by atoms with Crippen molar-refractivity contribution in [3.8, 4) is 0 Å². The van der Waals surface area contributed by atoms with Crippen LogP contribution in [0.15, 0.2) is 0 Å². The van der Waals surface area contributed by atoms with Crippen LogP contribution < -0.4 is 5.32 Å². The zero-order chi connectivity index (χ0) is 8.69. The van der Waals surface area contributed by atoms with Crippen LogP contribution in [-0.2, 0) is 0 Å². The standard InChI is InChI=1S/C10H23N/c1-5-8-10(7-3)11-9(4)6-2/h9-11H,5-8H2,1-4H3. The molecule has 0 bridgehead atoms. The van der Waals surface area contributed by atoms with Gasteiger partial charge in [-0.25, -0.2) is 0 Å². The molecule has 11 heavy (non-hydrogen) atoms. The van der Waals surface area contributed by atoms with Crippen LogP contribution in [0.4, 0.5) is 0 Å². The van der Waals surface area contributed by atoms with Gasteiger partial charge in [-0.05, 0) is 26.2 Å². The van der Waals surface area contributed by atoms with E-state index in [1.807, 2.05) is 0 Å². The topological polar surface area (TPSA) is 12.0 Å². The fourth-order valence-electron chi connectivity index (χ4n) is 1.27. The van der Waals surface area contributed by atoms with E-state index in [0.717, 1.165) is 6.04 Å². The average molecular weight is 157 g/mol. The lowest BCUT2D eigenvalue weighted by molar-refractivity contribution is 0.404. The minimum atomic E-state index is 0.687. The summed E-state index contributed by atoms with van der Waals surface area (Å²) in [6.07, 6.45) is 5.11. The molecule has 0 heterocycles. The van der Waals surface area contributed by atoms with E-state index in [9.17, 15) is 0 Å². The zero-order valence-electron chi connectivity index (χ0n) is 8.48. The van der Waals surface area contributed by atoms with Crippen molar-refractivity contribution in [3.63, 3.8) is 0 Å². The first-order chi connectivity index (χ1) is 5.24. The van der Waals surface area contributed by atoms with E-state index in [-0.39, 0.29) is 0 Å². The zero-order valence-corrected chi connectivity index (χ0v) is 8.48. The van der Waals surface area contributed by atoms with Crippen LogP contribution in [0.2, 0.25) is 0 Å². The fraction of sp³-hybridized carbons (Fsp3) is 1.00. The van der Waals surface area contributed by atoms with E-state index in [1.54, 1.807) is 0 Å². The Bertz CT molecular complexity index is 80.9. The quantitative estimate of drug-likeness (QED) is 0.625. The van der Waals surface area contributed by atoms with E-state index in [4.69, 9.17) is 0 Å². The first-order valence-corrected chi connectivity index (χ1v) is 5.00. The molecular formula is C10H23N. The molecule has 1 heteroatoms. The van der Waals surface area contributed by atoms with E-state index in [1.165, 1.54) is 25.7 Å². The third-order valence-corrected chi connectivity index (χ3v) is 2.26. The number of nitrogens with one attached hydrogen (secondary N) is 1. The lowest BCUT2D eigenvalue weighted by Crippen LogP contribution is -2.35. The van der Waals surface area contributed by atoms with E-state index < -0.39 is 0 Å². The van der Waals surface area contributed by atoms with Gasteiger partial charge in [-0.2, -0.15) is 0 Å². The van der Waals surface area contributed by atoms with Gasteiger partial charge in [0.25, 0.3) is 0 Å². The summed E-state index contributed by atoms with van der Waals surface area (Å²) in [7, 11) is 0. The van der Waals surface area contributed by atoms with Crippen molar-refractivity contribution in [2.24, 2.45) is 0 Å². The highest BCUT2D eigenvalue weighted by Crippen LogP contribution is 2.03. The van der Waals surface area contributed by atoms with Gasteiger partial charge in [0.15, 0.2) is 0 Å². The molecule has 0 aliphatic rings. The third kappa shape index (κ3) is 5.25. The van der Waals surface area contributed by atoms with E-state index in [2.05, 4.69) is 33.0 Å². The van der Waals surface area contributed by atoms with Gasteiger partial charge in [0.1, 0.15) is 0 Å². The predicted molar refractivity (Wildman–Crippen MR) is 51.9 cm³/mol. The van der Waals surface area contributed by atoms with Crippen molar-refractivity contribution in [2.75, 3.05) is 0 Å². The van der Waals surface area contributed by atoms with Crippen LogP contribution in [0.3, 0.4) is 0 Å². The molecule has 0 amide bonds. The Morgan fingerprint density at radius 3 is 2.09 bits per heavy atom. The van der Waals surface area contributed by atoms with Crippen LogP contribution in [-0.4, -0.2) is 12.1 Å². The van der Waals surface area contributed by atoms with Crippen molar-refractivity contribution in [1.82, 2.24) is 5.32 Å². The highest BCUT2D eigenvalue weighted by Gasteiger charge is 2.06. The molecule has 2 unspecified atom stereocenters. The minimum absolute atomic E-state index is 0.687. The maximum absolute atomic E-state index is 3.62. The Labute approximate surface area is 71.6 Å². The first kappa shape index (κ1) is 11.0. The van der Waals surface area contributed by atoms with Gasteiger partial charge in [-0.1, -0.05) is 27.2 Å². The second-order valence-electron chi connectivity index (χ2n) is 3.37. The highest BCUT2D eigenvalue weighted by atomic mass is 14.9. The molecule has 68 valence electrons. The molecule has 0 saturated carbocycles. The molecule has 0 saturated heterocycles. The smallest absolute Gasteiger partial charge is 0.00668 e. The van der Waals surface area contributed by atoms with Crippen LogP contribution in [0.5, 0.6) is 0 Å². The molecule has 0 radical (unpaired) electrons. The number of hydrogen-bond donors (Lipinski definition) is 1. The minimum Gasteiger partial charge on any atom is -0.312 e. The lowest BCUT2D eigenvalue weighted by atomic mass is 10.1. The third-order valence-electron chi connectivity index (χ3n) is 2.26. The molecular weight excluding hydrogens is 134 g/mol. The Hall–Kier alpha value is -0.0400. The molecule has 0 aliphatic carbocycles. The van der Waals surface area contributed by atoms with Crippen LogP contribution in [0.1, 0.15) is 53.4 Å². The molecule has 0 fully saturated rings. The Morgan fingerprint density at radius 2 is 1.73 bits per heavy atom. The van der Waals surface area contributed by atoms with Gasteiger partial charge in [-0.15, -0.1) is 0 Å². The molecule has 1 N–H and O–H groups in total. The average Bonchev–Trinajstić information content (AvgIpc) is 2.03. The van der Waals surface area contributed by atoms with Crippen molar-refractivity contribution in [2.45, 2.75) is 65.5 Å². The summed E-state index contributed by atoms with van der Waals surface area (Å²) in [6, 6.07) is 1.43. The summed E-state index contributed by atoms with van der Waals surface area (Å²) in [4.78, 5) is 0. The van der Waals surface area contributed by atoms with Crippen LogP contribution in [0, 0.1) is 0 Å². The summed E-state index contributed by atoms with van der Waals surface area (Å²) in [5.41, 5.74) is 0. The fourth-order valence-corrected chi connectivity index (χ4v) is 1.27. The molecule has 0 aromatic rings. The van der Waals surface area contributed by atoms with Crippen molar-refractivity contribution in [3.05, 3.63) is 0 Å². The second-order valence-corrected chi connectivity index (χ2v) is 3.37. The van der Waals surface area contributed by atoms with Gasteiger partial charge in [-0.3, -0.25) is 0 Å². The van der Waals surface area contributed by atoms with Crippen LogP contribution in [0.25, 0.3) is 0 Å². The molecule has 0 aliphatic heterocycles. The van der Waals surface area contributed by atoms with Gasteiger partial charge >= 0.3 is 0 Å². The van der Waals surface area contributed by atoms with Crippen molar-refractivity contribution >= 4 is 0 Å². The summed E-state index contributed by atoms with van der Waals surface area (Å²) in [6.45, 7) is 9.01. The normalized spacial score (nSPS) is 16.4. The van der Waals surface area contributed by atoms with Gasteiger partial charge in [0, 0.05) is 12.1 Å². The number of hydrogen-bond acceptors (Lipinski definition) is 1. The SMILES string of the molecule is CCCC(CC)NC(C)CC. The van der Waals surface area contributed by atoms with Gasteiger partial charge < -0.3 is 5.32 Å². The molecule has 0 spiro atoms. The first-order valence-electron chi connectivity index (χ1n) is 5.00. The molecule has 1 nitrogen and oxygen atoms in total. The molecule has 2 atom stereocenters. The Balaban J connectivity index is 3.49. The highest BCUT2D eigenvalue weighted by molar-refractivity contribution is 4.68. The lowest BCUT2D eigenvalue weighted by Gasteiger charge is -2.20. The van der Waals surface area contributed by atoms with Crippen LogP contribution >= 0.6 is 0 Å². The second kappa shape index (κ2) is 6.66. The predicted octanol–water partition coefficient (Wildman–Crippen LogP) is 2.95. The summed E-state index contributed by atoms with van der Waals surface area (Å²) >= 11 is 0. The molecule has 0 rings (SSSR count). The van der Waals surface area contributed by atoms with E-state index in [0.29, 0.717) is 6.04 Å². The summed E-state index contributed by atoms with van der Waals surface area (Å²) in [5.74, 6) is 0. The monoisotopic (exact) mass is 157 g/mol. The Kier molecular flexibility index (Phi) is 6.63. The number of rotatable bonds is 6. The molecule has 0 aromatic carbocycles. The van der Waals surface area contributed by atoms with Gasteiger partial charge in [0.05, 0.1) is 0 Å². The van der Waals surface area contributed by atoms with E-state index >= 15 is 0 Å². The Morgan fingerprint density at radius 1 is 1.09 bits per heavy atom. The maximum Gasteiger partial charge on any atom is 0.00668 e. The summed E-state index contributed by atoms with van der Waals surface area (Å²) < 4.78 is 0. The maximum atomic E-state index is 3.62. The largest absolute Gasteiger partial charge is 0.312 e.